The van der Waals surface area contributed by atoms with Gasteiger partial charge in [-0.2, -0.15) is 0 Å². The van der Waals surface area contributed by atoms with Gasteiger partial charge in [0.25, 0.3) is 0 Å². The molecule has 0 aromatic carbocycles. The molecule has 0 aromatic rings. The summed E-state index contributed by atoms with van der Waals surface area (Å²) in [6.45, 7) is 3.48. The minimum atomic E-state index is -2.80. The van der Waals surface area contributed by atoms with E-state index in [1.165, 1.54) is 0 Å². The van der Waals surface area contributed by atoms with Gasteiger partial charge in [-0.05, 0) is 26.4 Å². The van der Waals surface area contributed by atoms with E-state index < -0.39 is 9.84 Å². The van der Waals surface area contributed by atoms with Gasteiger partial charge in [-0.25, -0.2) is 8.42 Å². The normalized spacial score (nSPS) is 27.3. The van der Waals surface area contributed by atoms with Crippen LogP contribution in [0.2, 0.25) is 0 Å². The second-order valence-corrected chi connectivity index (χ2v) is 6.05. The van der Waals surface area contributed by atoms with Crippen LogP contribution < -0.4 is 0 Å². The molecule has 0 radical (unpaired) electrons. The standard InChI is InChI=1S/C8H17NO2S/c1-3-12(10,11)8-5-4-6-9(2)7-8/h8H,3-7H2,1-2H3. The Balaban J connectivity index is 2.63. The van der Waals surface area contributed by atoms with E-state index in [0.29, 0.717) is 0 Å². The number of likely N-dealkylation sites (tertiary alicyclic amines) is 1. The molecule has 0 N–H and O–H groups in total. The number of hydrogen-bond acceptors (Lipinski definition) is 3. The van der Waals surface area contributed by atoms with Crippen molar-refractivity contribution < 1.29 is 8.42 Å². The van der Waals surface area contributed by atoms with Crippen LogP contribution in [0.4, 0.5) is 0 Å². The SMILES string of the molecule is CCS(=O)(=O)C1CCCN(C)C1. The fourth-order valence-electron chi connectivity index (χ4n) is 1.65. The fourth-order valence-corrected chi connectivity index (χ4v) is 3.13. The van der Waals surface area contributed by atoms with Gasteiger partial charge in [0.1, 0.15) is 0 Å². The molecule has 1 saturated heterocycles. The van der Waals surface area contributed by atoms with Crippen molar-refractivity contribution in [3.05, 3.63) is 0 Å². The lowest BCUT2D eigenvalue weighted by Gasteiger charge is -2.28. The highest BCUT2D eigenvalue weighted by molar-refractivity contribution is 7.92. The van der Waals surface area contributed by atoms with Gasteiger partial charge in [-0.1, -0.05) is 6.92 Å². The Morgan fingerprint density at radius 1 is 1.50 bits per heavy atom. The third kappa shape index (κ3) is 2.20. The van der Waals surface area contributed by atoms with Crippen molar-refractivity contribution >= 4 is 9.84 Å². The molecule has 1 heterocycles. The zero-order chi connectivity index (χ0) is 9.19. The monoisotopic (exact) mass is 191 g/mol. The molecule has 1 atom stereocenters. The van der Waals surface area contributed by atoms with Crippen molar-refractivity contribution in [2.45, 2.75) is 25.0 Å². The van der Waals surface area contributed by atoms with E-state index in [1.54, 1.807) is 6.92 Å². The first-order valence-electron chi connectivity index (χ1n) is 4.46. The number of nitrogens with zero attached hydrogens (tertiary/aromatic N) is 1. The van der Waals surface area contributed by atoms with Crippen LogP contribution in [0.15, 0.2) is 0 Å². The molecular formula is C8H17NO2S. The van der Waals surface area contributed by atoms with Crippen LogP contribution in [0.1, 0.15) is 19.8 Å². The molecule has 0 spiro atoms. The first-order chi connectivity index (χ1) is 5.56. The van der Waals surface area contributed by atoms with Gasteiger partial charge in [0.05, 0.1) is 5.25 Å². The third-order valence-corrected chi connectivity index (χ3v) is 4.70. The molecule has 1 aliphatic rings. The summed E-state index contributed by atoms with van der Waals surface area (Å²) in [6.07, 6.45) is 1.86. The predicted octanol–water partition coefficient (Wildman–Crippen LogP) is 0.515. The Bertz CT molecular complexity index is 235. The number of rotatable bonds is 2. The van der Waals surface area contributed by atoms with E-state index in [9.17, 15) is 8.42 Å². The lowest BCUT2D eigenvalue weighted by atomic mass is 10.1. The molecule has 72 valence electrons. The van der Waals surface area contributed by atoms with Crippen molar-refractivity contribution in [2.24, 2.45) is 0 Å². The predicted molar refractivity (Wildman–Crippen MR) is 50.0 cm³/mol. The number of sulfone groups is 1. The maximum atomic E-state index is 11.5. The van der Waals surface area contributed by atoms with Gasteiger partial charge in [0, 0.05) is 12.3 Å². The molecule has 1 fully saturated rings. The van der Waals surface area contributed by atoms with Crippen molar-refractivity contribution in [1.29, 1.82) is 0 Å². The van der Waals surface area contributed by atoms with Crippen molar-refractivity contribution in [2.75, 3.05) is 25.9 Å². The Hall–Kier alpha value is -0.0900. The van der Waals surface area contributed by atoms with Crippen LogP contribution in [0.25, 0.3) is 0 Å². The zero-order valence-corrected chi connectivity index (χ0v) is 8.60. The Kier molecular flexibility index (Phi) is 3.12. The highest BCUT2D eigenvalue weighted by atomic mass is 32.2. The van der Waals surface area contributed by atoms with E-state index in [-0.39, 0.29) is 11.0 Å². The molecule has 1 aliphatic heterocycles. The third-order valence-electron chi connectivity index (χ3n) is 2.49. The van der Waals surface area contributed by atoms with Crippen molar-refractivity contribution in [1.82, 2.24) is 4.90 Å². The second-order valence-electron chi connectivity index (χ2n) is 3.48. The van der Waals surface area contributed by atoms with Crippen LogP contribution in [0.3, 0.4) is 0 Å². The quantitative estimate of drug-likeness (QED) is 0.638. The maximum absolute atomic E-state index is 11.5. The van der Waals surface area contributed by atoms with Gasteiger partial charge >= 0.3 is 0 Å². The van der Waals surface area contributed by atoms with E-state index in [2.05, 4.69) is 4.90 Å². The summed E-state index contributed by atoms with van der Waals surface area (Å²) < 4.78 is 22.9. The van der Waals surface area contributed by atoms with E-state index in [4.69, 9.17) is 0 Å². The summed E-state index contributed by atoms with van der Waals surface area (Å²) in [5, 5.41) is -0.110. The number of hydrogen-bond donors (Lipinski definition) is 0. The Morgan fingerprint density at radius 2 is 2.17 bits per heavy atom. The highest BCUT2D eigenvalue weighted by Crippen LogP contribution is 2.16. The van der Waals surface area contributed by atoms with Crippen LogP contribution in [0, 0.1) is 0 Å². The van der Waals surface area contributed by atoms with E-state index in [1.807, 2.05) is 7.05 Å². The molecule has 0 amide bonds. The van der Waals surface area contributed by atoms with Crippen LogP contribution in [-0.2, 0) is 9.84 Å². The maximum Gasteiger partial charge on any atom is 0.154 e. The number of piperidine rings is 1. The summed E-state index contributed by atoms with van der Waals surface area (Å²) in [5.74, 6) is 0.283. The molecule has 0 saturated carbocycles. The second kappa shape index (κ2) is 3.75. The smallest absolute Gasteiger partial charge is 0.154 e. The lowest BCUT2D eigenvalue weighted by Crippen LogP contribution is -2.40. The lowest BCUT2D eigenvalue weighted by molar-refractivity contribution is 0.278. The molecule has 1 rings (SSSR count). The summed E-state index contributed by atoms with van der Waals surface area (Å²) in [7, 11) is -0.812. The molecule has 0 bridgehead atoms. The summed E-state index contributed by atoms with van der Waals surface area (Å²) >= 11 is 0. The molecule has 12 heavy (non-hydrogen) atoms. The van der Waals surface area contributed by atoms with E-state index in [0.717, 1.165) is 25.9 Å². The molecule has 3 nitrogen and oxygen atoms in total. The Labute approximate surface area is 74.7 Å². The molecular weight excluding hydrogens is 174 g/mol. The van der Waals surface area contributed by atoms with Crippen LogP contribution in [-0.4, -0.2) is 44.5 Å². The average molecular weight is 191 g/mol. The van der Waals surface area contributed by atoms with Crippen molar-refractivity contribution in [3.63, 3.8) is 0 Å². The van der Waals surface area contributed by atoms with Gasteiger partial charge < -0.3 is 4.90 Å². The molecule has 1 unspecified atom stereocenters. The molecule has 0 aromatic heterocycles. The highest BCUT2D eigenvalue weighted by Gasteiger charge is 2.27. The zero-order valence-electron chi connectivity index (χ0n) is 7.78. The van der Waals surface area contributed by atoms with Gasteiger partial charge in [-0.3, -0.25) is 0 Å². The topological polar surface area (TPSA) is 37.4 Å². The summed E-state index contributed by atoms with van der Waals surface area (Å²) in [4.78, 5) is 2.10. The summed E-state index contributed by atoms with van der Waals surface area (Å²) in [5.41, 5.74) is 0. The fraction of sp³-hybridized carbons (Fsp3) is 1.00. The molecule has 4 heteroatoms. The minimum Gasteiger partial charge on any atom is -0.305 e. The van der Waals surface area contributed by atoms with Gasteiger partial charge in [0.2, 0.25) is 0 Å². The van der Waals surface area contributed by atoms with Crippen LogP contribution in [0.5, 0.6) is 0 Å². The van der Waals surface area contributed by atoms with Gasteiger partial charge in [-0.15, -0.1) is 0 Å². The largest absolute Gasteiger partial charge is 0.305 e. The first-order valence-corrected chi connectivity index (χ1v) is 6.18. The molecule has 0 aliphatic carbocycles. The van der Waals surface area contributed by atoms with Gasteiger partial charge in [0.15, 0.2) is 9.84 Å². The average Bonchev–Trinajstić information content (AvgIpc) is 2.05. The van der Waals surface area contributed by atoms with Crippen molar-refractivity contribution in [3.8, 4) is 0 Å². The van der Waals surface area contributed by atoms with Crippen LogP contribution >= 0.6 is 0 Å². The Morgan fingerprint density at radius 3 is 2.67 bits per heavy atom. The first kappa shape index (κ1) is 9.99. The van der Waals surface area contributed by atoms with E-state index >= 15 is 0 Å². The minimum absolute atomic E-state index is 0.110. The summed E-state index contributed by atoms with van der Waals surface area (Å²) in [6, 6.07) is 0.